The van der Waals surface area contributed by atoms with Gasteiger partial charge in [-0.2, -0.15) is 0 Å². The number of hydrogen-bond acceptors (Lipinski definition) is 3. The fourth-order valence-electron chi connectivity index (χ4n) is 2.63. The molecule has 0 aromatic heterocycles. The SMILES string of the molecule is COc1ccc(C(=O)N2CCC(NC(=O)NC(C)C)CC2)cc1. The zero-order valence-corrected chi connectivity index (χ0v) is 14.0. The molecular weight excluding hydrogens is 294 g/mol. The molecule has 1 saturated heterocycles. The first kappa shape index (κ1) is 17.1. The predicted octanol–water partition coefficient (Wildman–Crippen LogP) is 2.01. The lowest BCUT2D eigenvalue weighted by Crippen LogP contribution is -2.50. The summed E-state index contributed by atoms with van der Waals surface area (Å²) in [5, 5.41) is 5.78. The molecule has 126 valence electrons. The molecule has 1 heterocycles. The fraction of sp³-hybridized carbons (Fsp3) is 0.529. The van der Waals surface area contributed by atoms with Gasteiger partial charge in [0, 0.05) is 30.7 Å². The maximum absolute atomic E-state index is 12.5. The van der Waals surface area contributed by atoms with Gasteiger partial charge in [0.05, 0.1) is 7.11 Å². The van der Waals surface area contributed by atoms with Gasteiger partial charge < -0.3 is 20.3 Å². The Morgan fingerprint density at radius 1 is 1.17 bits per heavy atom. The molecule has 3 amide bonds. The summed E-state index contributed by atoms with van der Waals surface area (Å²) in [5.74, 6) is 0.762. The Labute approximate surface area is 137 Å². The van der Waals surface area contributed by atoms with Gasteiger partial charge in [0.25, 0.3) is 5.91 Å². The minimum absolute atomic E-state index is 0.0257. The molecule has 1 aromatic rings. The van der Waals surface area contributed by atoms with Crippen LogP contribution in [0.25, 0.3) is 0 Å². The average molecular weight is 319 g/mol. The summed E-state index contributed by atoms with van der Waals surface area (Å²) < 4.78 is 5.10. The van der Waals surface area contributed by atoms with E-state index in [2.05, 4.69) is 10.6 Å². The topological polar surface area (TPSA) is 70.7 Å². The quantitative estimate of drug-likeness (QED) is 0.892. The molecular formula is C17H25N3O3. The Morgan fingerprint density at radius 2 is 1.78 bits per heavy atom. The number of hydrogen-bond donors (Lipinski definition) is 2. The van der Waals surface area contributed by atoms with E-state index in [-0.39, 0.29) is 24.0 Å². The largest absolute Gasteiger partial charge is 0.497 e. The number of methoxy groups -OCH3 is 1. The maximum atomic E-state index is 12.5. The van der Waals surface area contributed by atoms with Crippen molar-refractivity contribution >= 4 is 11.9 Å². The number of likely N-dealkylation sites (tertiary alicyclic amines) is 1. The molecule has 0 saturated carbocycles. The number of carbonyl (C=O) groups is 2. The van der Waals surface area contributed by atoms with E-state index in [1.54, 1.807) is 31.4 Å². The van der Waals surface area contributed by atoms with Crippen LogP contribution in [0.15, 0.2) is 24.3 Å². The van der Waals surface area contributed by atoms with Gasteiger partial charge in [-0.05, 0) is 51.0 Å². The summed E-state index contributed by atoms with van der Waals surface area (Å²) in [6, 6.07) is 7.24. The van der Waals surface area contributed by atoms with E-state index < -0.39 is 0 Å². The zero-order chi connectivity index (χ0) is 16.8. The highest BCUT2D eigenvalue weighted by molar-refractivity contribution is 5.94. The smallest absolute Gasteiger partial charge is 0.315 e. The normalized spacial score (nSPS) is 15.4. The molecule has 0 spiro atoms. The molecule has 0 radical (unpaired) electrons. The number of rotatable bonds is 4. The fourth-order valence-corrected chi connectivity index (χ4v) is 2.63. The molecule has 1 aliphatic rings. The van der Waals surface area contributed by atoms with Gasteiger partial charge in [0.15, 0.2) is 0 Å². The van der Waals surface area contributed by atoms with Crippen LogP contribution in [-0.2, 0) is 0 Å². The standard InChI is InChI=1S/C17H25N3O3/c1-12(2)18-17(22)19-14-8-10-20(11-9-14)16(21)13-4-6-15(23-3)7-5-13/h4-7,12,14H,8-11H2,1-3H3,(H2,18,19,22). The van der Waals surface area contributed by atoms with Gasteiger partial charge in [0.1, 0.15) is 5.75 Å². The van der Waals surface area contributed by atoms with Gasteiger partial charge in [-0.15, -0.1) is 0 Å². The Bertz CT molecular complexity index is 535. The number of urea groups is 1. The van der Waals surface area contributed by atoms with Crippen molar-refractivity contribution in [3.8, 4) is 5.75 Å². The van der Waals surface area contributed by atoms with Crippen LogP contribution >= 0.6 is 0 Å². The molecule has 0 unspecified atom stereocenters. The van der Waals surface area contributed by atoms with Gasteiger partial charge in [0.2, 0.25) is 0 Å². The first-order valence-corrected chi connectivity index (χ1v) is 8.00. The summed E-state index contributed by atoms with van der Waals surface area (Å²) in [6.45, 7) is 5.15. The van der Waals surface area contributed by atoms with Gasteiger partial charge in [-0.1, -0.05) is 0 Å². The van der Waals surface area contributed by atoms with E-state index in [0.29, 0.717) is 18.7 Å². The lowest BCUT2D eigenvalue weighted by atomic mass is 10.0. The molecule has 2 rings (SSSR count). The van der Waals surface area contributed by atoms with Gasteiger partial charge >= 0.3 is 6.03 Å². The number of nitrogens with zero attached hydrogens (tertiary/aromatic N) is 1. The van der Waals surface area contributed by atoms with Crippen molar-refractivity contribution in [3.63, 3.8) is 0 Å². The second-order valence-electron chi connectivity index (χ2n) is 6.07. The van der Waals surface area contributed by atoms with E-state index in [9.17, 15) is 9.59 Å². The van der Waals surface area contributed by atoms with E-state index in [0.717, 1.165) is 18.6 Å². The van der Waals surface area contributed by atoms with Crippen LogP contribution < -0.4 is 15.4 Å². The van der Waals surface area contributed by atoms with Crippen molar-refractivity contribution in [3.05, 3.63) is 29.8 Å². The zero-order valence-electron chi connectivity index (χ0n) is 14.0. The van der Waals surface area contributed by atoms with Crippen LogP contribution in [0.5, 0.6) is 5.75 Å². The van der Waals surface area contributed by atoms with Crippen molar-refractivity contribution < 1.29 is 14.3 Å². The highest BCUT2D eigenvalue weighted by atomic mass is 16.5. The monoisotopic (exact) mass is 319 g/mol. The molecule has 1 aliphatic heterocycles. The van der Waals surface area contributed by atoms with Crippen molar-refractivity contribution in [2.24, 2.45) is 0 Å². The van der Waals surface area contributed by atoms with E-state index >= 15 is 0 Å². The average Bonchev–Trinajstić information content (AvgIpc) is 2.54. The Kier molecular flexibility index (Phi) is 5.84. The summed E-state index contributed by atoms with van der Waals surface area (Å²) >= 11 is 0. The Balaban J connectivity index is 1.83. The van der Waals surface area contributed by atoms with Crippen LogP contribution in [0, 0.1) is 0 Å². The van der Waals surface area contributed by atoms with Crippen molar-refractivity contribution in [1.82, 2.24) is 15.5 Å². The minimum atomic E-state index is -0.139. The molecule has 1 fully saturated rings. The number of amides is 3. The van der Waals surface area contributed by atoms with E-state index in [1.165, 1.54) is 0 Å². The maximum Gasteiger partial charge on any atom is 0.315 e. The lowest BCUT2D eigenvalue weighted by molar-refractivity contribution is 0.0708. The number of carbonyl (C=O) groups excluding carboxylic acids is 2. The summed E-state index contributed by atoms with van der Waals surface area (Å²) in [5.41, 5.74) is 0.662. The summed E-state index contributed by atoms with van der Waals surface area (Å²) in [7, 11) is 1.60. The minimum Gasteiger partial charge on any atom is -0.497 e. The third-order valence-corrected chi connectivity index (χ3v) is 3.87. The Morgan fingerprint density at radius 3 is 2.30 bits per heavy atom. The number of benzene rings is 1. The highest BCUT2D eigenvalue weighted by Crippen LogP contribution is 2.16. The third kappa shape index (κ3) is 4.87. The predicted molar refractivity (Wildman–Crippen MR) is 88.7 cm³/mol. The van der Waals surface area contributed by atoms with Crippen molar-refractivity contribution in [2.45, 2.75) is 38.8 Å². The third-order valence-electron chi connectivity index (χ3n) is 3.87. The molecule has 0 bridgehead atoms. The molecule has 6 nitrogen and oxygen atoms in total. The van der Waals surface area contributed by atoms with Crippen molar-refractivity contribution in [1.29, 1.82) is 0 Å². The van der Waals surface area contributed by atoms with Crippen LogP contribution in [0.3, 0.4) is 0 Å². The van der Waals surface area contributed by atoms with Crippen LogP contribution in [0.2, 0.25) is 0 Å². The molecule has 2 N–H and O–H groups in total. The molecule has 1 aromatic carbocycles. The van der Waals surface area contributed by atoms with E-state index in [1.807, 2.05) is 18.7 Å². The first-order chi connectivity index (χ1) is 11.0. The molecule has 23 heavy (non-hydrogen) atoms. The van der Waals surface area contributed by atoms with Gasteiger partial charge in [-0.3, -0.25) is 4.79 Å². The summed E-state index contributed by atoms with van der Waals surface area (Å²) in [6.07, 6.45) is 1.54. The Hall–Kier alpha value is -2.24. The molecule has 0 atom stereocenters. The summed E-state index contributed by atoms with van der Waals surface area (Å²) in [4.78, 5) is 26.0. The van der Waals surface area contributed by atoms with Crippen LogP contribution in [0.4, 0.5) is 4.79 Å². The lowest BCUT2D eigenvalue weighted by Gasteiger charge is -2.32. The number of piperidine rings is 1. The van der Waals surface area contributed by atoms with Crippen LogP contribution in [-0.4, -0.2) is 49.1 Å². The number of nitrogens with one attached hydrogen (secondary N) is 2. The number of ether oxygens (including phenoxy) is 1. The first-order valence-electron chi connectivity index (χ1n) is 8.00. The molecule has 0 aliphatic carbocycles. The van der Waals surface area contributed by atoms with E-state index in [4.69, 9.17) is 4.74 Å². The van der Waals surface area contributed by atoms with Crippen LogP contribution in [0.1, 0.15) is 37.0 Å². The highest BCUT2D eigenvalue weighted by Gasteiger charge is 2.24. The second-order valence-corrected chi connectivity index (χ2v) is 6.07. The van der Waals surface area contributed by atoms with Gasteiger partial charge in [-0.25, -0.2) is 4.79 Å². The second kappa shape index (κ2) is 7.85. The van der Waals surface area contributed by atoms with Crippen molar-refractivity contribution in [2.75, 3.05) is 20.2 Å². The molecule has 6 heteroatoms.